The summed E-state index contributed by atoms with van der Waals surface area (Å²) in [6.45, 7) is 7.96. The Balaban J connectivity index is 1.70. The van der Waals surface area contributed by atoms with Crippen molar-refractivity contribution in [2.24, 2.45) is 0 Å². The molecule has 1 aliphatic heterocycles. The van der Waals surface area contributed by atoms with E-state index in [1.165, 1.54) is 24.5 Å². The maximum atomic E-state index is 13.5. The van der Waals surface area contributed by atoms with Crippen LogP contribution in [0.3, 0.4) is 0 Å². The van der Waals surface area contributed by atoms with E-state index in [1.54, 1.807) is 11.0 Å². The summed E-state index contributed by atoms with van der Waals surface area (Å²) in [5.74, 6) is 0.464. The predicted molar refractivity (Wildman–Crippen MR) is 114 cm³/mol. The quantitative estimate of drug-likeness (QED) is 0.606. The molecule has 2 aromatic carbocycles. The number of carbonyl (C=O) groups is 1. The molecule has 2 heterocycles. The number of benzene rings is 2. The monoisotopic (exact) mass is 410 g/mol. The summed E-state index contributed by atoms with van der Waals surface area (Å²) in [5.41, 5.74) is 3.25. The largest absolute Gasteiger partial charge is 0.352 e. The van der Waals surface area contributed by atoms with Gasteiger partial charge in [0.1, 0.15) is 18.0 Å². The summed E-state index contributed by atoms with van der Waals surface area (Å²) in [5, 5.41) is 1.41. The van der Waals surface area contributed by atoms with Gasteiger partial charge in [-0.2, -0.15) is 0 Å². The number of fused-ring (bicyclic) bond motifs is 1. The molecule has 5 nitrogen and oxygen atoms in total. The second-order valence-electron chi connectivity index (χ2n) is 7.02. The van der Waals surface area contributed by atoms with Crippen molar-refractivity contribution in [2.75, 3.05) is 31.1 Å². The zero-order chi connectivity index (χ0) is 20.5. The molecule has 4 rings (SSSR count). The van der Waals surface area contributed by atoms with E-state index in [1.807, 2.05) is 19.1 Å². The van der Waals surface area contributed by atoms with E-state index < -0.39 is 0 Å². The normalized spacial score (nSPS) is 14.3. The van der Waals surface area contributed by atoms with Crippen molar-refractivity contribution in [1.29, 1.82) is 0 Å². The van der Waals surface area contributed by atoms with Crippen LogP contribution >= 0.6 is 11.6 Å². The Hall–Kier alpha value is -2.99. The van der Waals surface area contributed by atoms with Gasteiger partial charge in [0.2, 0.25) is 5.91 Å². The average molecular weight is 411 g/mol. The van der Waals surface area contributed by atoms with Crippen LogP contribution in [0.5, 0.6) is 0 Å². The van der Waals surface area contributed by atoms with Crippen molar-refractivity contribution in [3.63, 3.8) is 0 Å². The molecule has 1 aliphatic rings. The molecule has 148 valence electrons. The second-order valence-corrected chi connectivity index (χ2v) is 7.43. The van der Waals surface area contributed by atoms with Gasteiger partial charge in [0, 0.05) is 42.2 Å². The topological polar surface area (TPSA) is 49.3 Å². The number of nitrogens with zero attached hydrogens (tertiary/aromatic N) is 4. The first-order valence-corrected chi connectivity index (χ1v) is 9.73. The predicted octanol–water partition coefficient (Wildman–Crippen LogP) is 4.23. The number of piperazine rings is 1. The van der Waals surface area contributed by atoms with E-state index in [0.29, 0.717) is 31.2 Å². The highest BCUT2D eigenvalue weighted by atomic mass is 35.5. The molecule has 1 fully saturated rings. The molecule has 1 saturated heterocycles. The number of halogens is 2. The first kappa shape index (κ1) is 19.3. The number of anilines is 1. The fourth-order valence-electron chi connectivity index (χ4n) is 3.72. The number of amides is 1. The SMILES string of the molecule is C=CC(=O)N1CCN(c2ncnc3cc(-c4ccc(F)cc4C)c(Cl)cc23)CC1. The van der Waals surface area contributed by atoms with Crippen LogP contribution in [0.25, 0.3) is 22.0 Å². The van der Waals surface area contributed by atoms with Crippen molar-refractivity contribution < 1.29 is 9.18 Å². The van der Waals surface area contributed by atoms with Gasteiger partial charge in [0.15, 0.2) is 0 Å². The molecule has 0 radical (unpaired) electrons. The summed E-state index contributed by atoms with van der Waals surface area (Å²) >= 11 is 6.61. The first-order valence-electron chi connectivity index (χ1n) is 9.35. The van der Waals surface area contributed by atoms with Gasteiger partial charge in [0.25, 0.3) is 0 Å². The summed E-state index contributed by atoms with van der Waals surface area (Å²) in [6.07, 6.45) is 2.88. The minimum Gasteiger partial charge on any atom is -0.352 e. The van der Waals surface area contributed by atoms with Crippen LogP contribution in [0.2, 0.25) is 5.02 Å². The van der Waals surface area contributed by atoms with Crippen LogP contribution in [-0.4, -0.2) is 47.0 Å². The van der Waals surface area contributed by atoms with Gasteiger partial charge in [-0.15, -0.1) is 0 Å². The van der Waals surface area contributed by atoms with E-state index in [-0.39, 0.29) is 11.7 Å². The Morgan fingerprint density at radius 2 is 1.90 bits per heavy atom. The van der Waals surface area contributed by atoms with E-state index in [4.69, 9.17) is 11.6 Å². The lowest BCUT2D eigenvalue weighted by molar-refractivity contribution is -0.126. The van der Waals surface area contributed by atoms with Gasteiger partial charge < -0.3 is 9.80 Å². The minimum atomic E-state index is -0.276. The highest BCUT2D eigenvalue weighted by Crippen LogP contribution is 2.36. The third-order valence-electron chi connectivity index (χ3n) is 5.25. The van der Waals surface area contributed by atoms with Crippen LogP contribution in [-0.2, 0) is 4.79 Å². The first-order chi connectivity index (χ1) is 14.0. The van der Waals surface area contributed by atoms with Crippen molar-refractivity contribution in [1.82, 2.24) is 14.9 Å². The number of aromatic nitrogens is 2. The zero-order valence-electron chi connectivity index (χ0n) is 16.0. The Morgan fingerprint density at radius 1 is 1.14 bits per heavy atom. The molecule has 0 N–H and O–H groups in total. The number of rotatable bonds is 3. The van der Waals surface area contributed by atoms with Crippen LogP contribution in [0.4, 0.5) is 10.2 Å². The van der Waals surface area contributed by atoms with Crippen LogP contribution < -0.4 is 4.90 Å². The van der Waals surface area contributed by atoms with Gasteiger partial charge in [-0.3, -0.25) is 4.79 Å². The fraction of sp³-hybridized carbons (Fsp3) is 0.227. The average Bonchev–Trinajstić information content (AvgIpc) is 2.73. The third-order valence-corrected chi connectivity index (χ3v) is 5.56. The minimum absolute atomic E-state index is 0.0560. The van der Waals surface area contributed by atoms with Crippen LogP contribution in [0.1, 0.15) is 5.56 Å². The van der Waals surface area contributed by atoms with Crippen LogP contribution in [0.15, 0.2) is 49.3 Å². The molecule has 0 atom stereocenters. The lowest BCUT2D eigenvalue weighted by Gasteiger charge is -2.35. The molecular formula is C22H20ClFN4O. The van der Waals surface area contributed by atoms with Crippen molar-refractivity contribution in [3.05, 3.63) is 65.7 Å². The molecule has 7 heteroatoms. The molecule has 0 spiro atoms. The highest BCUT2D eigenvalue weighted by molar-refractivity contribution is 6.34. The molecular weight excluding hydrogens is 391 g/mol. The highest BCUT2D eigenvalue weighted by Gasteiger charge is 2.22. The number of aryl methyl sites for hydroxylation is 1. The summed E-state index contributed by atoms with van der Waals surface area (Å²) in [6, 6.07) is 8.44. The molecule has 0 saturated carbocycles. The Labute approximate surface area is 173 Å². The lowest BCUT2D eigenvalue weighted by atomic mass is 9.99. The van der Waals surface area contributed by atoms with E-state index in [2.05, 4.69) is 21.4 Å². The van der Waals surface area contributed by atoms with E-state index >= 15 is 0 Å². The van der Waals surface area contributed by atoms with Gasteiger partial charge >= 0.3 is 0 Å². The zero-order valence-corrected chi connectivity index (χ0v) is 16.8. The van der Waals surface area contributed by atoms with Crippen molar-refractivity contribution in [2.45, 2.75) is 6.92 Å². The molecule has 1 aromatic heterocycles. The standard InChI is InChI=1S/C22H20ClFN4O/c1-3-21(29)27-6-8-28(9-7-27)22-18-11-19(23)17(12-20(18)25-13-26-22)16-5-4-15(24)10-14(16)2/h3-5,10-13H,1,6-9H2,2H3. The molecule has 1 amide bonds. The number of hydrogen-bond acceptors (Lipinski definition) is 4. The van der Waals surface area contributed by atoms with E-state index in [9.17, 15) is 9.18 Å². The Bertz CT molecular complexity index is 1110. The smallest absolute Gasteiger partial charge is 0.246 e. The summed E-state index contributed by atoms with van der Waals surface area (Å²) in [4.78, 5) is 24.6. The summed E-state index contributed by atoms with van der Waals surface area (Å²) in [7, 11) is 0. The molecule has 0 unspecified atom stereocenters. The van der Waals surface area contributed by atoms with Gasteiger partial charge in [-0.25, -0.2) is 14.4 Å². The van der Waals surface area contributed by atoms with Gasteiger partial charge in [-0.1, -0.05) is 24.2 Å². The maximum Gasteiger partial charge on any atom is 0.246 e. The van der Waals surface area contributed by atoms with Crippen molar-refractivity contribution in [3.8, 4) is 11.1 Å². The molecule has 0 aliphatic carbocycles. The number of hydrogen-bond donors (Lipinski definition) is 0. The molecule has 3 aromatic rings. The summed E-state index contributed by atoms with van der Waals surface area (Å²) < 4.78 is 13.5. The second kappa shape index (κ2) is 7.79. The van der Waals surface area contributed by atoms with Crippen LogP contribution in [0, 0.1) is 12.7 Å². The lowest BCUT2D eigenvalue weighted by Crippen LogP contribution is -2.48. The Morgan fingerprint density at radius 3 is 2.59 bits per heavy atom. The van der Waals surface area contributed by atoms with E-state index in [0.717, 1.165) is 33.4 Å². The Kier molecular flexibility index (Phi) is 5.20. The molecule has 29 heavy (non-hydrogen) atoms. The van der Waals surface area contributed by atoms with Gasteiger partial charge in [0.05, 0.1) is 5.52 Å². The van der Waals surface area contributed by atoms with Gasteiger partial charge in [-0.05, 0) is 48.4 Å². The van der Waals surface area contributed by atoms with Crippen molar-refractivity contribution >= 4 is 34.2 Å². The molecule has 0 bridgehead atoms. The fourth-order valence-corrected chi connectivity index (χ4v) is 3.98. The number of carbonyl (C=O) groups excluding carboxylic acids is 1. The maximum absolute atomic E-state index is 13.5. The third kappa shape index (κ3) is 3.68.